The van der Waals surface area contributed by atoms with Gasteiger partial charge in [0.15, 0.2) is 0 Å². The second kappa shape index (κ2) is 5.17. The van der Waals surface area contributed by atoms with Crippen LogP contribution >= 0.6 is 15.9 Å². The van der Waals surface area contributed by atoms with Crippen LogP contribution in [0.2, 0.25) is 0 Å². The summed E-state index contributed by atoms with van der Waals surface area (Å²) in [6.45, 7) is -0.548. The maximum Gasteiger partial charge on any atom is 0.272 e. The first-order valence-electron chi connectivity index (χ1n) is 3.78. The molecule has 0 saturated heterocycles. The van der Waals surface area contributed by atoms with Crippen molar-refractivity contribution in [2.45, 2.75) is 11.8 Å². The van der Waals surface area contributed by atoms with E-state index in [4.69, 9.17) is 4.74 Å². The van der Waals surface area contributed by atoms with Crippen LogP contribution in [-0.2, 0) is 5.33 Å². The van der Waals surface area contributed by atoms with E-state index < -0.39 is 13.0 Å². The van der Waals surface area contributed by atoms with E-state index in [9.17, 15) is 8.78 Å². The summed E-state index contributed by atoms with van der Waals surface area (Å²) in [4.78, 5) is 0. The van der Waals surface area contributed by atoms with Gasteiger partial charge in [-0.2, -0.15) is 0 Å². The third-order valence-corrected chi connectivity index (χ3v) is 2.10. The molecule has 13 heavy (non-hydrogen) atoms. The summed E-state index contributed by atoms with van der Waals surface area (Å²) in [7, 11) is 0. The Labute approximate surface area is 83.8 Å². The van der Waals surface area contributed by atoms with Crippen molar-refractivity contribution in [3.63, 3.8) is 0 Å². The minimum absolute atomic E-state index is 0.477. The van der Waals surface area contributed by atoms with Gasteiger partial charge < -0.3 is 4.74 Å². The fraction of sp³-hybridized carbons (Fsp3) is 0.333. The van der Waals surface area contributed by atoms with Crippen LogP contribution in [0.25, 0.3) is 0 Å². The van der Waals surface area contributed by atoms with Crippen molar-refractivity contribution in [3.05, 3.63) is 29.8 Å². The number of halogens is 3. The molecule has 0 fully saturated rings. The van der Waals surface area contributed by atoms with Gasteiger partial charge in [-0.3, -0.25) is 0 Å². The smallest absolute Gasteiger partial charge is 0.272 e. The predicted molar refractivity (Wildman–Crippen MR) is 50.6 cm³/mol. The highest BCUT2D eigenvalue weighted by Crippen LogP contribution is 2.14. The maximum absolute atomic E-state index is 11.7. The van der Waals surface area contributed by atoms with Gasteiger partial charge in [-0.05, 0) is 17.7 Å². The second-order valence-electron chi connectivity index (χ2n) is 2.48. The lowest BCUT2D eigenvalue weighted by atomic mass is 10.2. The molecule has 0 aliphatic rings. The Balaban J connectivity index is 2.49. The van der Waals surface area contributed by atoms with Gasteiger partial charge in [0.2, 0.25) is 0 Å². The Kier molecular flexibility index (Phi) is 4.15. The van der Waals surface area contributed by atoms with E-state index in [0.29, 0.717) is 5.75 Å². The Morgan fingerprint density at radius 3 is 2.31 bits per heavy atom. The van der Waals surface area contributed by atoms with E-state index in [1.165, 1.54) is 0 Å². The highest BCUT2D eigenvalue weighted by molar-refractivity contribution is 9.08. The molecule has 0 bridgehead atoms. The molecule has 1 rings (SSSR count). The fourth-order valence-corrected chi connectivity index (χ4v) is 1.21. The van der Waals surface area contributed by atoms with Gasteiger partial charge >= 0.3 is 0 Å². The van der Waals surface area contributed by atoms with Gasteiger partial charge in [-0.1, -0.05) is 28.1 Å². The number of ether oxygens (including phenoxy) is 1. The minimum Gasteiger partial charge on any atom is -0.488 e. The van der Waals surface area contributed by atoms with Crippen LogP contribution in [0, 0.1) is 0 Å². The molecule has 0 amide bonds. The average molecular weight is 251 g/mol. The zero-order valence-electron chi connectivity index (χ0n) is 6.84. The van der Waals surface area contributed by atoms with Gasteiger partial charge in [0.1, 0.15) is 12.4 Å². The lowest BCUT2D eigenvalue weighted by Gasteiger charge is -2.05. The Morgan fingerprint density at radius 2 is 1.85 bits per heavy atom. The van der Waals surface area contributed by atoms with Gasteiger partial charge in [0.05, 0.1) is 0 Å². The first-order valence-corrected chi connectivity index (χ1v) is 4.90. The van der Waals surface area contributed by atoms with Crippen LogP contribution in [0.3, 0.4) is 0 Å². The van der Waals surface area contributed by atoms with Crippen molar-refractivity contribution in [1.29, 1.82) is 0 Å². The monoisotopic (exact) mass is 250 g/mol. The topological polar surface area (TPSA) is 9.23 Å². The van der Waals surface area contributed by atoms with Gasteiger partial charge in [0.25, 0.3) is 6.43 Å². The first-order chi connectivity index (χ1) is 6.22. The normalized spacial score (nSPS) is 10.5. The standard InChI is InChI=1S/C9H9BrF2O/c10-5-7-1-3-8(4-2-7)13-6-9(11)12/h1-4,9H,5-6H2. The first kappa shape index (κ1) is 10.4. The van der Waals surface area contributed by atoms with Gasteiger partial charge in [-0.15, -0.1) is 0 Å². The molecule has 1 aromatic carbocycles. The van der Waals surface area contributed by atoms with Gasteiger partial charge in [0, 0.05) is 5.33 Å². The molecule has 72 valence electrons. The van der Waals surface area contributed by atoms with E-state index in [0.717, 1.165) is 10.9 Å². The third-order valence-electron chi connectivity index (χ3n) is 1.45. The second-order valence-corrected chi connectivity index (χ2v) is 3.04. The SMILES string of the molecule is FC(F)COc1ccc(CBr)cc1. The van der Waals surface area contributed by atoms with Gasteiger partial charge in [-0.25, -0.2) is 8.78 Å². The molecule has 0 aliphatic carbocycles. The summed E-state index contributed by atoms with van der Waals surface area (Å²) in [6, 6.07) is 7.02. The predicted octanol–water partition coefficient (Wildman–Crippen LogP) is 3.23. The minimum atomic E-state index is -2.42. The van der Waals surface area contributed by atoms with Crippen molar-refractivity contribution >= 4 is 15.9 Å². The molecule has 0 aliphatic heterocycles. The van der Waals surface area contributed by atoms with E-state index in [-0.39, 0.29) is 0 Å². The molecule has 0 heterocycles. The van der Waals surface area contributed by atoms with Crippen LogP contribution in [0.5, 0.6) is 5.75 Å². The molecule has 1 aromatic rings. The summed E-state index contributed by atoms with van der Waals surface area (Å²) in [5.41, 5.74) is 1.09. The number of alkyl halides is 3. The molecule has 0 aromatic heterocycles. The molecule has 0 atom stereocenters. The largest absolute Gasteiger partial charge is 0.488 e. The average Bonchev–Trinajstić information content (AvgIpc) is 2.15. The Bertz CT molecular complexity index is 248. The van der Waals surface area contributed by atoms with Crippen LogP contribution in [0.4, 0.5) is 8.78 Å². The molecule has 0 saturated carbocycles. The summed E-state index contributed by atoms with van der Waals surface area (Å²) in [5, 5.41) is 0.752. The number of rotatable bonds is 4. The van der Waals surface area contributed by atoms with E-state index >= 15 is 0 Å². The van der Waals surface area contributed by atoms with Crippen molar-refractivity contribution < 1.29 is 13.5 Å². The Morgan fingerprint density at radius 1 is 1.23 bits per heavy atom. The molecule has 0 unspecified atom stereocenters. The summed E-state index contributed by atoms with van der Waals surface area (Å²) in [6.07, 6.45) is -2.42. The highest BCUT2D eigenvalue weighted by atomic mass is 79.9. The van der Waals surface area contributed by atoms with Crippen LogP contribution < -0.4 is 4.74 Å². The number of hydrogen-bond acceptors (Lipinski definition) is 1. The maximum atomic E-state index is 11.7. The molecule has 1 nitrogen and oxygen atoms in total. The van der Waals surface area contributed by atoms with Crippen molar-refractivity contribution in [2.24, 2.45) is 0 Å². The van der Waals surface area contributed by atoms with E-state index in [1.807, 2.05) is 12.1 Å². The zero-order valence-corrected chi connectivity index (χ0v) is 8.43. The van der Waals surface area contributed by atoms with Crippen molar-refractivity contribution in [3.8, 4) is 5.75 Å². The molecular weight excluding hydrogens is 242 g/mol. The lowest BCUT2D eigenvalue weighted by molar-refractivity contribution is 0.0819. The quantitative estimate of drug-likeness (QED) is 0.746. The van der Waals surface area contributed by atoms with Crippen LogP contribution in [0.15, 0.2) is 24.3 Å². The number of benzene rings is 1. The Hall–Kier alpha value is -0.640. The molecule has 0 N–H and O–H groups in total. The molecule has 0 radical (unpaired) electrons. The third kappa shape index (κ3) is 3.72. The lowest BCUT2D eigenvalue weighted by Crippen LogP contribution is -2.06. The van der Waals surface area contributed by atoms with Crippen LogP contribution in [0.1, 0.15) is 5.56 Å². The van der Waals surface area contributed by atoms with Crippen molar-refractivity contribution in [1.82, 2.24) is 0 Å². The van der Waals surface area contributed by atoms with E-state index in [1.54, 1.807) is 12.1 Å². The van der Waals surface area contributed by atoms with E-state index in [2.05, 4.69) is 15.9 Å². The summed E-state index contributed by atoms with van der Waals surface area (Å²) in [5.74, 6) is 0.477. The zero-order chi connectivity index (χ0) is 9.68. The van der Waals surface area contributed by atoms with Crippen molar-refractivity contribution in [2.75, 3.05) is 6.61 Å². The summed E-state index contributed by atoms with van der Waals surface area (Å²) >= 11 is 3.28. The van der Waals surface area contributed by atoms with Crippen LogP contribution in [-0.4, -0.2) is 13.0 Å². The fourth-order valence-electron chi connectivity index (χ4n) is 0.834. The molecule has 4 heteroatoms. The summed E-state index contributed by atoms with van der Waals surface area (Å²) < 4.78 is 28.3. The molecular formula is C9H9BrF2O. The number of hydrogen-bond donors (Lipinski definition) is 0. The highest BCUT2D eigenvalue weighted by Gasteiger charge is 2.02. The molecule has 0 spiro atoms.